The molecule has 1 fully saturated rings. The van der Waals surface area contributed by atoms with Crippen molar-refractivity contribution in [1.29, 1.82) is 0 Å². The van der Waals surface area contributed by atoms with Crippen molar-refractivity contribution < 1.29 is 9.53 Å². The lowest BCUT2D eigenvalue weighted by molar-refractivity contribution is -0.111. The van der Waals surface area contributed by atoms with Crippen molar-refractivity contribution in [3.63, 3.8) is 0 Å². The Hall–Kier alpha value is -2.63. The maximum Gasteiger partial charge on any atom is 0.247 e. The maximum absolute atomic E-state index is 11.4. The third-order valence-electron chi connectivity index (χ3n) is 4.71. The van der Waals surface area contributed by atoms with Crippen molar-refractivity contribution in [2.75, 3.05) is 41.8 Å². The molecule has 4 rings (SSSR count). The molecule has 1 aliphatic heterocycles. The highest BCUT2D eigenvalue weighted by Gasteiger charge is 2.12. The van der Waals surface area contributed by atoms with E-state index in [9.17, 15) is 4.79 Å². The van der Waals surface area contributed by atoms with Gasteiger partial charge in [0.2, 0.25) is 11.9 Å². The van der Waals surface area contributed by atoms with Crippen LogP contribution >= 0.6 is 34.4 Å². The van der Waals surface area contributed by atoms with Gasteiger partial charge in [0.05, 0.1) is 16.8 Å². The zero-order valence-corrected chi connectivity index (χ0v) is 20.2. The number of nitrogens with zero attached hydrogens (tertiary/aromatic N) is 3. The van der Waals surface area contributed by atoms with Crippen LogP contribution in [0.15, 0.2) is 77.3 Å². The van der Waals surface area contributed by atoms with Crippen LogP contribution in [0.4, 0.5) is 23.0 Å². The van der Waals surface area contributed by atoms with Crippen LogP contribution < -0.4 is 15.5 Å². The summed E-state index contributed by atoms with van der Waals surface area (Å²) in [6, 6.07) is 15.9. The van der Waals surface area contributed by atoms with Crippen LogP contribution in [0.1, 0.15) is 0 Å². The van der Waals surface area contributed by atoms with E-state index in [0.29, 0.717) is 5.95 Å². The first-order valence-electron chi connectivity index (χ1n) is 10.0. The molecule has 0 spiro atoms. The summed E-state index contributed by atoms with van der Waals surface area (Å²) >= 11 is 3.78. The van der Waals surface area contributed by atoms with E-state index in [-0.39, 0.29) is 5.91 Å². The minimum atomic E-state index is -0.232. The van der Waals surface area contributed by atoms with Gasteiger partial charge in [0.25, 0.3) is 0 Å². The molecule has 0 radical (unpaired) electrons. The molecule has 0 atom stereocenters. The summed E-state index contributed by atoms with van der Waals surface area (Å²) in [6.45, 7) is 6.74. The minimum absolute atomic E-state index is 0.232. The fourth-order valence-electron chi connectivity index (χ4n) is 3.13. The van der Waals surface area contributed by atoms with E-state index in [1.165, 1.54) is 6.08 Å². The summed E-state index contributed by atoms with van der Waals surface area (Å²) in [4.78, 5) is 23.9. The predicted molar refractivity (Wildman–Crippen MR) is 137 cm³/mol. The molecule has 1 amide bonds. The van der Waals surface area contributed by atoms with E-state index in [0.717, 1.165) is 56.9 Å². The van der Waals surface area contributed by atoms with E-state index < -0.39 is 0 Å². The molecule has 1 aromatic heterocycles. The number of ether oxygens (including phenoxy) is 1. The van der Waals surface area contributed by atoms with Crippen LogP contribution in [0.25, 0.3) is 0 Å². The molecule has 7 nitrogen and oxygen atoms in total. The Morgan fingerprint density at radius 1 is 1.16 bits per heavy atom. The van der Waals surface area contributed by atoms with Crippen molar-refractivity contribution in [3.8, 4) is 0 Å². The second kappa shape index (κ2) is 10.8. The molecule has 2 aromatic carbocycles. The Labute approximate surface area is 204 Å². The average Bonchev–Trinajstić information content (AvgIpc) is 2.83. The average molecular weight is 559 g/mol. The lowest BCUT2D eigenvalue weighted by atomic mass is 10.2. The number of morpholine rings is 1. The number of halogens is 1. The Balaban J connectivity index is 1.46. The molecule has 32 heavy (non-hydrogen) atoms. The third-order valence-corrected chi connectivity index (χ3v) is 6.88. The molecule has 0 unspecified atom stereocenters. The molecule has 0 aliphatic carbocycles. The van der Waals surface area contributed by atoms with E-state index >= 15 is 0 Å². The number of carbonyl (C=O) groups excluding carboxylic acids is 1. The first kappa shape index (κ1) is 22.6. The first-order valence-corrected chi connectivity index (χ1v) is 11.9. The molecule has 9 heteroatoms. The second-order valence-corrected chi connectivity index (χ2v) is 9.17. The van der Waals surface area contributed by atoms with Gasteiger partial charge in [0.15, 0.2) is 0 Å². The highest BCUT2D eigenvalue weighted by Crippen LogP contribution is 2.31. The minimum Gasteiger partial charge on any atom is -0.378 e. The molecular weight excluding hydrogens is 537 g/mol. The number of anilines is 4. The van der Waals surface area contributed by atoms with Crippen molar-refractivity contribution >= 4 is 63.3 Å². The molecule has 2 heterocycles. The van der Waals surface area contributed by atoms with Gasteiger partial charge in [-0.1, -0.05) is 24.4 Å². The molecule has 0 saturated carbocycles. The van der Waals surface area contributed by atoms with Crippen molar-refractivity contribution in [1.82, 2.24) is 9.97 Å². The highest BCUT2D eigenvalue weighted by molar-refractivity contribution is 14.1. The van der Waals surface area contributed by atoms with Gasteiger partial charge in [-0.15, -0.1) is 0 Å². The fourth-order valence-corrected chi connectivity index (χ4v) is 4.49. The van der Waals surface area contributed by atoms with Crippen molar-refractivity contribution in [2.45, 2.75) is 9.92 Å². The molecule has 3 aromatic rings. The Bertz CT molecular complexity index is 1100. The lowest BCUT2D eigenvalue weighted by Gasteiger charge is -2.29. The number of aromatic nitrogens is 2. The van der Waals surface area contributed by atoms with Crippen LogP contribution in [-0.4, -0.2) is 42.2 Å². The maximum atomic E-state index is 11.4. The summed E-state index contributed by atoms with van der Waals surface area (Å²) in [5.74, 6) is 0.311. The number of benzene rings is 2. The van der Waals surface area contributed by atoms with Crippen LogP contribution in [0.5, 0.6) is 0 Å². The van der Waals surface area contributed by atoms with Gasteiger partial charge in [-0.2, -0.15) is 0 Å². The van der Waals surface area contributed by atoms with Gasteiger partial charge in [0, 0.05) is 41.2 Å². The van der Waals surface area contributed by atoms with Crippen molar-refractivity contribution in [2.24, 2.45) is 0 Å². The molecule has 164 valence electrons. The van der Waals surface area contributed by atoms with Gasteiger partial charge < -0.3 is 20.3 Å². The summed E-state index contributed by atoms with van der Waals surface area (Å²) < 4.78 is 6.41. The topological polar surface area (TPSA) is 79.4 Å². The standard InChI is InChI=1S/C23H22IN5O2S/c1-2-21(30)26-16-6-8-19(9-7-16)32-22-20(24)15-25-23(28-22)27-17-4-3-5-18(14-17)29-10-12-31-13-11-29/h2-9,14-15H,1,10-13H2,(H,26,30)(H,25,27,28). The second-order valence-electron chi connectivity index (χ2n) is 6.94. The quantitative estimate of drug-likeness (QED) is 0.241. The number of amides is 1. The van der Waals surface area contributed by atoms with Gasteiger partial charge in [-0.3, -0.25) is 4.79 Å². The summed E-state index contributed by atoms with van der Waals surface area (Å²) in [6.07, 6.45) is 3.06. The zero-order valence-electron chi connectivity index (χ0n) is 17.3. The Morgan fingerprint density at radius 3 is 2.69 bits per heavy atom. The zero-order chi connectivity index (χ0) is 22.3. The number of rotatable bonds is 7. The molecule has 0 bridgehead atoms. The van der Waals surface area contributed by atoms with Crippen molar-refractivity contribution in [3.05, 3.63) is 71.0 Å². The normalized spacial score (nSPS) is 13.5. The SMILES string of the molecule is C=CC(=O)Nc1ccc(Sc2nc(Nc3cccc(N4CCOCC4)c3)ncc2I)cc1. The smallest absolute Gasteiger partial charge is 0.247 e. The van der Waals surface area contributed by atoms with E-state index in [1.807, 2.05) is 42.6 Å². The van der Waals surface area contributed by atoms with Gasteiger partial charge in [-0.25, -0.2) is 9.97 Å². The Kier molecular flexibility index (Phi) is 7.61. The summed E-state index contributed by atoms with van der Waals surface area (Å²) in [5, 5.41) is 6.92. The van der Waals surface area contributed by atoms with Crippen LogP contribution in [0.2, 0.25) is 0 Å². The van der Waals surface area contributed by atoms with Crippen LogP contribution in [0, 0.1) is 3.57 Å². The molecule has 2 N–H and O–H groups in total. The highest BCUT2D eigenvalue weighted by atomic mass is 127. The van der Waals surface area contributed by atoms with E-state index in [4.69, 9.17) is 9.72 Å². The van der Waals surface area contributed by atoms with Gasteiger partial charge in [0.1, 0.15) is 5.03 Å². The first-order chi connectivity index (χ1) is 15.6. The number of hydrogen-bond acceptors (Lipinski definition) is 7. The predicted octanol–water partition coefficient (Wildman–Crippen LogP) is 4.94. The Morgan fingerprint density at radius 2 is 1.94 bits per heavy atom. The van der Waals surface area contributed by atoms with Gasteiger partial charge in [-0.05, 0) is 71.1 Å². The number of nitrogens with one attached hydrogen (secondary N) is 2. The van der Waals surface area contributed by atoms with E-state index in [2.05, 4.69) is 61.8 Å². The molecule has 1 aliphatic rings. The van der Waals surface area contributed by atoms with Gasteiger partial charge >= 0.3 is 0 Å². The fraction of sp³-hybridized carbons (Fsp3) is 0.174. The monoisotopic (exact) mass is 559 g/mol. The molecule has 1 saturated heterocycles. The van der Waals surface area contributed by atoms with Crippen LogP contribution in [-0.2, 0) is 9.53 Å². The molecular formula is C23H22IN5O2S. The largest absolute Gasteiger partial charge is 0.378 e. The van der Waals surface area contributed by atoms with Crippen LogP contribution in [0.3, 0.4) is 0 Å². The van der Waals surface area contributed by atoms with E-state index in [1.54, 1.807) is 11.8 Å². The number of carbonyl (C=O) groups is 1. The number of hydrogen-bond donors (Lipinski definition) is 2. The summed E-state index contributed by atoms with van der Waals surface area (Å²) in [5.41, 5.74) is 2.81. The third kappa shape index (κ3) is 5.99. The summed E-state index contributed by atoms with van der Waals surface area (Å²) in [7, 11) is 0. The lowest BCUT2D eigenvalue weighted by Crippen LogP contribution is -2.36.